The number of furan rings is 1. The van der Waals surface area contributed by atoms with E-state index in [4.69, 9.17) is 9.40 Å². The number of rotatable bonds is 5. The van der Waals surface area contributed by atoms with Crippen molar-refractivity contribution in [3.63, 3.8) is 0 Å². The molecule has 5 rings (SSSR count). The van der Waals surface area contributed by atoms with E-state index in [0.717, 1.165) is 33.7 Å². The average molecular weight is 391 g/mol. The zero-order valence-electron chi connectivity index (χ0n) is 15.6. The van der Waals surface area contributed by atoms with Gasteiger partial charge in [0.1, 0.15) is 0 Å². The molecule has 0 saturated heterocycles. The molecule has 3 heterocycles. The van der Waals surface area contributed by atoms with E-state index in [2.05, 4.69) is 39.0 Å². The summed E-state index contributed by atoms with van der Waals surface area (Å²) in [6.45, 7) is 0. The van der Waals surface area contributed by atoms with Crippen LogP contribution in [0.1, 0.15) is 43.8 Å². The maximum absolute atomic E-state index is 5.63. The first-order valence-corrected chi connectivity index (χ1v) is 10.8. The molecule has 1 saturated carbocycles. The third kappa shape index (κ3) is 3.44. The highest BCUT2D eigenvalue weighted by Gasteiger charge is 2.25. The number of fused-ring (bicyclic) bond motifs is 1. The fraction of sp³-hybridized carbons (Fsp3) is 0.318. The Morgan fingerprint density at radius 3 is 2.71 bits per heavy atom. The summed E-state index contributed by atoms with van der Waals surface area (Å²) in [5.74, 6) is 2.40. The van der Waals surface area contributed by atoms with Gasteiger partial charge in [0.2, 0.25) is 5.82 Å². The van der Waals surface area contributed by atoms with E-state index in [1.54, 1.807) is 18.0 Å². The fourth-order valence-electron chi connectivity index (χ4n) is 3.94. The predicted octanol–water partition coefficient (Wildman–Crippen LogP) is 5.88. The zero-order valence-corrected chi connectivity index (χ0v) is 16.4. The maximum atomic E-state index is 5.63. The third-order valence-corrected chi connectivity index (χ3v) is 6.33. The van der Waals surface area contributed by atoms with Crippen LogP contribution in [0.3, 0.4) is 0 Å². The first-order chi connectivity index (χ1) is 13.9. The van der Waals surface area contributed by atoms with Crippen molar-refractivity contribution in [1.29, 1.82) is 0 Å². The van der Waals surface area contributed by atoms with Crippen LogP contribution in [0, 0.1) is 0 Å². The van der Waals surface area contributed by atoms with E-state index in [-0.39, 0.29) is 0 Å². The van der Waals surface area contributed by atoms with Crippen molar-refractivity contribution in [2.24, 2.45) is 0 Å². The van der Waals surface area contributed by atoms with Crippen LogP contribution >= 0.6 is 11.8 Å². The third-order valence-electron chi connectivity index (χ3n) is 5.35. The average Bonchev–Trinajstić information content (AvgIpc) is 3.42. The first kappa shape index (κ1) is 17.5. The number of thioether (sulfide) groups is 1. The molecule has 0 unspecified atom stereocenters. The molecule has 4 aromatic rings. The van der Waals surface area contributed by atoms with Gasteiger partial charge in [-0.05, 0) is 37.1 Å². The minimum atomic E-state index is 0.441. The number of para-hydroxylation sites is 1. The lowest BCUT2D eigenvalue weighted by molar-refractivity contribution is 0.337. The van der Waals surface area contributed by atoms with Gasteiger partial charge in [0, 0.05) is 17.2 Å². The van der Waals surface area contributed by atoms with Crippen LogP contribution in [0.5, 0.6) is 0 Å². The summed E-state index contributed by atoms with van der Waals surface area (Å²) in [6.07, 6.45) is 7.88. The second-order valence-corrected chi connectivity index (χ2v) is 8.17. The first-order valence-electron chi connectivity index (χ1n) is 9.85. The molecule has 6 heteroatoms. The molecule has 1 fully saturated rings. The zero-order chi connectivity index (χ0) is 18.8. The normalized spacial score (nSPS) is 15.3. The summed E-state index contributed by atoms with van der Waals surface area (Å²) in [5, 5.41) is 11.1. The van der Waals surface area contributed by atoms with Crippen molar-refractivity contribution < 1.29 is 4.42 Å². The number of benzene rings is 1. The Morgan fingerprint density at radius 1 is 0.964 bits per heavy atom. The van der Waals surface area contributed by atoms with Crippen LogP contribution in [0.15, 0.2) is 64.4 Å². The van der Waals surface area contributed by atoms with Crippen LogP contribution in [0.2, 0.25) is 0 Å². The molecule has 28 heavy (non-hydrogen) atoms. The highest BCUT2D eigenvalue weighted by atomic mass is 32.2. The van der Waals surface area contributed by atoms with Crippen molar-refractivity contribution in [3.05, 3.63) is 60.5 Å². The molecule has 1 aliphatic carbocycles. The number of nitrogens with zero attached hydrogens (tertiary/aromatic N) is 4. The monoisotopic (exact) mass is 390 g/mol. The Morgan fingerprint density at radius 2 is 1.86 bits per heavy atom. The molecule has 0 N–H and O–H groups in total. The Balaban J connectivity index is 1.43. The van der Waals surface area contributed by atoms with Crippen molar-refractivity contribution in [3.8, 4) is 11.6 Å². The molecule has 0 spiro atoms. The van der Waals surface area contributed by atoms with Crippen LogP contribution in [0.25, 0.3) is 22.5 Å². The van der Waals surface area contributed by atoms with Crippen LogP contribution in [-0.2, 0) is 5.75 Å². The van der Waals surface area contributed by atoms with Gasteiger partial charge in [0.25, 0.3) is 0 Å². The molecule has 0 amide bonds. The SMILES string of the molecule is c1coc(-c2nnc(SCc3ccc4ccccc4n3)n2C2CCCCC2)c1. The number of pyridine rings is 1. The molecule has 3 aromatic heterocycles. The number of aromatic nitrogens is 4. The molecule has 5 nitrogen and oxygen atoms in total. The Bertz CT molecular complexity index is 1070. The summed E-state index contributed by atoms with van der Waals surface area (Å²) >= 11 is 1.71. The minimum Gasteiger partial charge on any atom is -0.461 e. The Kier molecular flexibility index (Phi) is 4.87. The van der Waals surface area contributed by atoms with Gasteiger partial charge in [-0.15, -0.1) is 10.2 Å². The number of hydrogen-bond donors (Lipinski definition) is 0. The summed E-state index contributed by atoms with van der Waals surface area (Å²) in [4.78, 5) is 4.79. The molecule has 1 aliphatic rings. The van der Waals surface area contributed by atoms with Gasteiger partial charge >= 0.3 is 0 Å². The van der Waals surface area contributed by atoms with Gasteiger partial charge in [-0.2, -0.15) is 0 Å². The molecule has 142 valence electrons. The molecule has 1 aromatic carbocycles. The van der Waals surface area contributed by atoms with Crippen molar-refractivity contribution >= 4 is 22.7 Å². The minimum absolute atomic E-state index is 0.441. The summed E-state index contributed by atoms with van der Waals surface area (Å²) in [7, 11) is 0. The lowest BCUT2D eigenvalue weighted by Gasteiger charge is -2.25. The molecule has 0 bridgehead atoms. The highest BCUT2D eigenvalue weighted by molar-refractivity contribution is 7.98. The van der Waals surface area contributed by atoms with E-state index in [0.29, 0.717) is 6.04 Å². The van der Waals surface area contributed by atoms with E-state index in [9.17, 15) is 0 Å². The van der Waals surface area contributed by atoms with Crippen molar-refractivity contribution in [2.45, 2.75) is 49.1 Å². The van der Waals surface area contributed by atoms with Gasteiger partial charge in [-0.25, -0.2) is 0 Å². The summed E-state index contributed by atoms with van der Waals surface area (Å²) in [5.41, 5.74) is 2.09. The van der Waals surface area contributed by atoms with Gasteiger partial charge in [0.05, 0.1) is 17.5 Å². The van der Waals surface area contributed by atoms with Crippen LogP contribution in [0.4, 0.5) is 0 Å². The smallest absolute Gasteiger partial charge is 0.200 e. The highest BCUT2D eigenvalue weighted by Crippen LogP contribution is 2.36. The van der Waals surface area contributed by atoms with E-state index >= 15 is 0 Å². The standard InChI is InChI=1S/C22H22N4OS/c1-2-8-18(9-3-1)26-21(20-11-6-14-27-20)24-25-22(26)28-15-17-13-12-16-7-4-5-10-19(16)23-17/h4-7,10-14,18H,1-3,8-9,15H2. The number of hydrogen-bond acceptors (Lipinski definition) is 5. The Labute approximate surface area is 168 Å². The molecular formula is C22H22N4OS. The predicted molar refractivity (Wildman–Crippen MR) is 111 cm³/mol. The van der Waals surface area contributed by atoms with E-state index < -0.39 is 0 Å². The lowest BCUT2D eigenvalue weighted by atomic mass is 9.95. The van der Waals surface area contributed by atoms with Gasteiger partial charge in [-0.3, -0.25) is 9.55 Å². The van der Waals surface area contributed by atoms with Gasteiger partial charge in [-0.1, -0.05) is 55.3 Å². The second kappa shape index (κ2) is 7.80. The van der Waals surface area contributed by atoms with Crippen LogP contribution < -0.4 is 0 Å². The molecular weight excluding hydrogens is 368 g/mol. The lowest BCUT2D eigenvalue weighted by Crippen LogP contribution is -2.15. The van der Waals surface area contributed by atoms with Gasteiger partial charge < -0.3 is 4.42 Å². The largest absolute Gasteiger partial charge is 0.461 e. The Hall–Kier alpha value is -2.60. The summed E-state index contributed by atoms with van der Waals surface area (Å²) < 4.78 is 7.93. The molecule has 0 aliphatic heterocycles. The van der Waals surface area contributed by atoms with E-state index in [1.807, 2.05) is 24.3 Å². The van der Waals surface area contributed by atoms with Crippen molar-refractivity contribution in [1.82, 2.24) is 19.7 Å². The molecule has 0 radical (unpaired) electrons. The second-order valence-electron chi connectivity index (χ2n) is 7.23. The van der Waals surface area contributed by atoms with E-state index in [1.165, 1.54) is 37.5 Å². The fourth-order valence-corrected chi connectivity index (χ4v) is 4.86. The topological polar surface area (TPSA) is 56.7 Å². The quantitative estimate of drug-likeness (QED) is 0.398. The summed E-state index contributed by atoms with van der Waals surface area (Å²) in [6, 6.07) is 16.8. The van der Waals surface area contributed by atoms with Crippen molar-refractivity contribution in [2.75, 3.05) is 0 Å². The van der Waals surface area contributed by atoms with Crippen LogP contribution in [-0.4, -0.2) is 19.7 Å². The molecule has 0 atom stereocenters. The maximum Gasteiger partial charge on any atom is 0.200 e. The van der Waals surface area contributed by atoms with Gasteiger partial charge in [0.15, 0.2) is 10.9 Å².